The van der Waals surface area contributed by atoms with Crippen molar-refractivity contribution in [2.24, 2.45) is 0 Å². The number of anilines is 1. The van der Waals surface area contributed by atoms with Gasteiger partial charge in [-0.2, -0.15) is 0 Å². The molecule has 0 atom stereocenters. The zero-order valence-electron chi connectivity index (χ0n) is 15.1. The summed E-state index contributed by atoms with van der Waals surface area (Å²) >= 11 is 3.36. The summed E-state index contributed by atoms with van der Waals surface area (Å²) in [4.78, 5) is 48.8. The first-order valence-electron chi connectivity index (χ1n) is 8.38. The molecule has 0 aliphatic carbocycles. The molecule has 0 aromatic heterocycles. The maximum absolute atomic E-state index is 12.9. The molecule has 0 saturated carbocycles. The van der Waals surface area contributed by atoms with E-state index in [1.165, 1.54) is 18.2 Å². The molecule has 29 heavy (non-hydrogen) atoms. The second kappa shape index (κ2) is 8.27. The van der Waals surface area contributed by atoms with Crippen molar-refractivity contribution >= 4 is 51.5 Å². The number of benzene rings is 2. The first-order valence-corrected chi connectivity index (χ1v) is 9.18. The number of carboxylic acids is 1. The number of carboxylic acid groups (broad SMARTS) is 1. The Morgan fingerprint density at radius 3 is 2.48 bits per heavy atom. The van der Waals surface area contributed by atoms with Gasteiger partial charge in [0.15, 0.2) is 6.61 Å². The largest absolute Gasteiger partial charge is 0.482 e. The molecular formula is C20H15BrN2O6. The van der Waals surface area contributed by atoms with Crippen molar-refractivity contribution in [3.8, 4) is 5.75 Å². The van der Waals surface area contributed by atoms with Gasteiger partial charge in [-0.25, -0.2) is 14.5 Å². The number of carbonyl (C=O) groups is 4. The summed E-state index contributed by atoms with van der Waals surface area (Å²) in [6, 6.07) is 10.3. The number of imide groups is 2. The lowest BCUT2D eigenvalue weighted by molar-refractivity contribution is -0.139. The standard InChI is InChI=1S/C20H15BrN2O6/c1-11-8-13(4-7-16(11)21)23-19(27)15(18(26)22-20(23)28)9-12-2-5-14(6-3-12)29-10-17(24)25/h2-9H,10H2,1H3,(H,24,25)(H,22,26,28). The quantitative estimate of drug-likeness (QED) is 0.525. The number of nitrogens with zero attached hydrogens (tertiary/aromatic N) is 1. The summed E-state index contributed by atoms with van der Waals surface area (Å²) in [5.41, 5.74) is 1.46. The normalized spacial score (nSPS) is 15.4. The van der Waals surface area contributed by atoms with Gasteiger partial charge in [0.2, 0.25) is 0 Å². The minimum absolute atomic E-state index is 0.204. The molecule has 1 aliphatic heterocycles. The lowest BCUT2D eigenvalue weighted by atomic mass is 10.1. The molecule has 2 aromatic rings. The maximum Gasteiger partial charge on any atom is 0.341 e. The van der Waals surface area contributed by atoms with E-state index in [9.17, 15) is 19.2 Å². The van der Waals surface area contributed by atoms with Gasteiger partial charge in [-0.05, 0) is 54.5 Å². The van der Waals surface area contributed by atoms with Crippen LogP contribution in [0, 0.1) is 6.92 Å². The Labute approximate surface area is 173 Å². The van der Waals surface area contributed by atoms with Gasteiger partial charge in [0.1, 0.15) is 11.3 Å². The number of carbonyl (C=O) groups excluding carboxylic acids is 3. The Morgan fingerprint density at radius 2 is 1.86 bits per heavy atom. The van der Waals surface area contributed by atoms with Crippen molar-refractivity contribution in [3.63, 3.8) is 0 Å². The van der Waals surface area contributed by atoms with E-state index < -0.39 is 30.4 Å². The van der Waals surface area contributed by atoms with E-state index in [1.807, 2.05) is 6.92 Å². The molecule has 1 saturated heterocycles. The molecule has 9 heteroatoms. The molecule has 2 aromatic carbocycles. The molecule has 1 fully saturated rings. The van der Waals surface area contributed by atoms with E-state index in [4.69, 9.17) is 9.84 Å². The SMILES string of the molecule is Cc1cc(N2C(=O)NC(=O)C(=Cc3ccc(OCC(=O)O)cc3)C2=O)ccc1Br. The van der Waals surface area contributed by atoms with Gasteiger partial charge >= 0.3 is 12.0 Å². The summed E-state index contributed by atoms with van der Waals surface area (Å²) in [7, 11) is 0. The van der Waals surface area contributed by atoms with E-state index >= 15 is 0 Å². The van der Waals surface area contributed by atoms with E-state index in [2.05, 4.69) is 21.2 Å². The zero-order chi connectivity index (χ0) is 21.1. The van der Waals surface area contributed by atoms with Gasteiger partial charge in [-0.1, -0.05) is 28.1 Å². The van der Waals surface area contributed by atoms with Crippen LogP contribution < -0.4 is 15.0 Å². The van der Waals surface area contributed by atoms with Gasteiger partial charge in [-0.3, -0.25) is 14.9 Å². The van der Waals surface area contributed by atoms with Crippen molar-refractivity contribution in [2.75, 3.05) is 11.5 Å². The van der Waals surface area contributed by atoms with Crippen LogP contribution >= 0.6 is 15.9 Å². The third-order valence-electron chi connectivity index (χ3n) is 4.05. The number of halogens is 1. The number of aliphatic carboxylic acids is 1. The van der Waals surface area contributed by atoms with Crippen LogP contribution in [0.3, 0.4) is 0 Å². The monoisotopic (exact) mass is 458 g/mol. The highest BCUT2D eigenvalue weighted by Crippen LogP contribution is 2.26. The van der Waals surface area contributed by atoms with Crippen molar-refractivity contribution < 1.29 is 29.0 Å². The Morgan fingerprint density at radius 1 is 1.17 bits per heavy atom. The summed E-state index contributed by atoms with van der Waals surface area (Å²) in [6.45, 7) is 1.33. The van der Waals surface area contributed by atoms with Gasteiger partial charge in [0.25, 0.3) is 11.8 Å². The highest BCUT2D eigenvalue weighted by Gasteiger charge is 2.36. The summed E-state index contributed by atoms with van der Waals surface area (Å²) in [5.74, 6) is -2.31. The smallest absolute Gasteiger partial charge is 0.341 e. The van der Waals surface area contributed by atoms with E-state index in [0.717, 1.165) is 14.9 Å². The van der Waals surface area contributed by atoms with Crippen LogP contribution in [0.1, 0.15) is 11.1 Å². The third kappa shape index (κ3) is 4.52. The fraction of sp³-hybridized carbons (Fsp3) is 0.100. The number of amides is 4. The molecule has 0 spiro atoms. The maximum atomic E-state index is 12.9. The zero-order valence-corrected chi connectivity index (χ0v) is 16.7. The molecule has 0 unspecified atom stereocenters. The van der Waals surface area contributed by atoms with Crippen LogP contribution in [-0.2, 0) is 14.4 Å². The lowest BCUT2D eigenvalue weighted by Gasteiger charge is -2.26. The van der Waals surface area contributed by atoms with Gasteiger partial charge in [-0.15, -0.1) is 0 Å². The molecular weight excluding hydrogens is 444 g/mol. The minimum Gasteiger partial charge on any atom is -0.482 e. The number of hydrogen-bond donors (Lipinski definition) is 2. The molecule has 8 nitrogen and oxygen atoms in total. The van der Waals surface area contributed by atoms with Crippen molar-refractivity contribution in [1.29, 1.82) is 0 Å². The second-order valence-electron chi connectivity index (χ2n) is 6.14. The minimum atomic E-state index is -1.10. The van der Waals surface area contributed by atoms with E-state index in [1.54, 1.807) is 30.3 Å². The molecule has 1 aliphatic rings. The predicted octanol–water partition coefficient (Wildman–Crippen LogP) is 2.89. The predicted molar refractivity (Wildman–Crippen MR) is 107 cm³/mol. The molecule has 3 rings (SSSR count). The first kappa shape index (κ1) is 20.3. The lowest BCUT2D eigenvalue weighted by Crippen LogP contribution is -2.54. The highest BCUT2D eigenvalue weighted by atomic mass is 79.9. The van der Waals surface area contributed by atoms with Gasteiger partial charge < -0.3 is 9.84 Å². The van der Waals surface area contributed by atoms with Crippen molar-refractivity contribution in [1.82, 2.24) is 5.32 Å². The van der Waals surface area contributed by atoms with E-state index in [0.29, 0.717) is 17.0 Å². The van der Waals surface area contributed by atoms with Gasteiger partial charge in [0.05, 0.1) is 5.69 Å². The van der Waals surface area contributed by atoms with E-state index in [-0.39, 0.29) is 5.57 Å². The fourth-order valence-corrected chi connectivity index (χ4v) is 2.88. The van der Waals surface area contributed by atoms with Crippen LogP contribution in [0.15, 0.2) is 52.5 Å². The molecule has 0 radical (unpaired) electrons. The first-order chi connectivity index (χ1) is 13.8. The van der Waals surface area contributed by atoms with Crippen LogP contribution in [0.2, 0.25) is 0 Å². The van der Waals surface area contributed by atoms with Crippen molar-refractivity contribution in [2.45, 2.75) is 6.92 Å². The summed E-state index contributed by atoms with van der Waals surface area (Å²) in [5, 5.41) is 10.8. The van der Waals surface area contributed by atoms with Crippen molar-refractivity contribution in [3.05, 3.63) is 63.6 Å². The summed E-state index contributed by atoms with van der Waals surface area (Å²) in [6.07, 6.45) is 1.35. The number of rotatable bonds is 5. The Hall–Kier alpha value is -3.46. The molecule has 2 N–H and O–H groups in total. The average molecular weight is 459 g/mol. The Kier molecular flexibility index (Phi) is 5.79. The Bertz CT molecular complexity index is 1050. The molecule has 1 heterocycles. The number of aryl methyl sites for hydroxylation is 1. The summed E-state index contributed by atoms with van der Waals surface area (Å²) < 4.78 is 5.86. The van der Waals surface area contributed by atoms with Crippen LogP contribution in [0.5, 0.6) is 5.75 Å². The number of urea groups is 1. The third-order valence-corrected chi connectivity index (χ3v) is 4.94. The van der Waals surface area contributed by atoms with Crippen LogP contribution in [0.4, 0.5) is 10.5 Å². The van der Waals surface area contributed by atoms with Gasteiger partial charge in [0, 0.05) is 4.47 Å². The van der Waals surface area contributed by atoms with Crippen LogP contribution in [-0.4, -0.2) is 35.5 Å². The number of hydrogen-bond acceptors (Lipinski definition) is 5. The molecule has 148 valence electrons. The molecule has 4 amide bonds. The fourth-order valence-electron chi connectivity index (χ4n) is 2.63. The van der Waals surface area contributed by atoms with Crippen LogP contribution in [0.25, 0.3) is 6.08 Å². The number of barbiturate groups is 1. The number of nitrogens with one attached hydrogen (secondary N) is 1. The topological polar surface area (TPSA) is 113 Å². The Balaban J connectivity index is 1.88. The average Bonchev–Trinajstić information content (AvgIpc) is 2.67. The number of ether oxygens (including phenoxy) is 1. The molecule has 0 bridgehead atoms. The second-order valence-corrected chi connectivity index (χ2v) is 7.00. The highest BCUT2D eigenvalue weighted by molar-refractivity contribution is 9.10.